The van der Waals surface area contributed by atoms with Crippen molar-refractivity contribution in [1.29, 1.82) is 0 Å². The van der Waals surface area contributed by atoms with Gasteiger partial charge < -0.3 is 14.6 Å². The van der Waals surface area contributed by atoms with Gasteiger partial charge in [0.2, 0.25) is 0 Å². The molecule has 0 saturated carbocycles. The molecule has 0 rings (SSSR count). The molecule has 0 spiro atoms. The standard InChI is InChI=1S/C12H16F10O6/c1-2-4-24-6-8(13,14)26-10(17,18)11(19,20)28-12(21,22)27-9(15,16)7-25-5-3-23/h23H,2-7H2,1H3. The van der Waals surface area contributed by atoms with Crippen molar-refractivity contribution in [2.24, 2.45) is 0 Å². The monoisotopic (exact) mass is 446 g/mol. The third kappa shape index (κ3) is 10.0. The van der Waals surface area contributed by atoms with Crippen LogP contribution in [0.15, 0.2) is 0 Å². The number of rotatable bonds is 15. The molecule has 0 radical (unpaired) electrons. The molecule has 0 aromatic carbocycles. The zero-order valence-corrected chi connectivity index (χ0v) is 14.0. The van der Waals surface area contributed by atoms with E-state index < -0.39 is 63.8 Å². The van der Waals surface area contributed by atoms with E-state index in [1.165, 1.54) is 6.92 Å². The number of hydrogen-bond donors (Lipinski definition) is 1. The molecule has 0 aliphatic heterocycles. The number of aliphatic hydroxyl groups is 1. The number of ether oxygens (including phenoxy) is 5. The molecule has 0 aromatic rings. The van der Waals surface area contributed by atoms with Crippen LogP contribution in [0.1, 0.15) is 13.3 Å². The summed E-state index contributed by atoms with van der Waals surface area (Å²) in [6, 6.07) is 0. The zero-order chi connectivity index (χ0) is 22.3. The molecular weight excluding hydrogens is 430 g/mol. The van der Waals surface area contributed by atoms with E-state index in [1.807, 2.05) is 0 Å². The summed E-state index contributed by atoms with van der Waals surface area (Å²) >= 11 is 0. The SMILES string of the molecule is CCCOCC(F)(F)OC(F)(F)C(F)(F)OC(F)(F)OC(F)(F)COCCO. The summed E-state index contributed by atoms with van der Waals surface area (Å²) in [5.74, 6) is 0. The lowest BCUT2D eigenvalue weighted by atomic mass is 10.5. The van der Waals surface area contributed by atoms with Gasteiger partial charge in [-0.3, -0.25) is 0 Å². The van der Waals surface area contributed by atoms with E-state index in [4.69, 9.17) is 5.11 Å². The lowest BCUT2D eigenvalue weighted by Crippen LogP contribution is -2.54. The molecule has 0 bridgehead atoms. The highest BCUT2D eigenvalue weighted by Crippen LogP contribution is 2.44. The fourth-order valence-electron chi connectivity index (χ4n) is 1.30. The van der Waals surface area contributed by atoms with Gasteiger partial charge in [-0.1, -0.05) is 6.92 Å². The van der Waals surface area contributed by atoms with Crippen LogP contribution in [0, 0.1) is 0 Å². The quantitative estimate of drug-likeness (QED) is 0.236. The van der Waals surface area contributed by atoms with E-state index in [9.17, 15) is 43.9 Å². The van der Waals surface area contributed by atoms with Gasteiger partial charge in [-0.15, -0.1) is 8.78 Å². The second-order valence-electron chi connectivity index (χ2n) is 4.91. The maximum Gasteiger partial charge on any atom is 0.495 e. The van der Waals surface area contributed by atoms with Gasteiger partial charge in [0.25, 0.3) is 0 Å². The number of hydrogen-bond acceptors (Lipinski definition) is 6. The van der Waals surface area contributed by atoms with Crippen molar-refractivity contribution in [2.45, 2.75) is 44.1 Å². The molecule has 0 amide bonds. The Hall–Kier alpha value is -0.940. The Labute approximate surface area is 151 Å². The lowest BCUT2D eigenvalue weighted by Gasteiger charge is -2.31. The van der Waals surface area contributed by atoms with Gasteiger partial charge in [0.15, 0.2) is 0 Å². The molecule has 0 saturated heterocycles. The lowest BCUT2D eigenvalue weighted by molar-refractivity contribution is -0.566. The van der Waals surface area contributed by atoms with Crippen molar-refractivity contribution >= 4 is 0 Å². The van der Waals surface area contributed by atoms with Crippen LogP contribution in [0.3, 0.4) is 0 Å². The van der Waals surface area contributed by atoms with Gasteiger partial charge in [-0.05, 0) is 6.42 Å². The summed E-state index contributed by atoms with van der Waals surface area (Å²) < 4.78 is 146. The maximum absolute atomic E-state index is 13.2. The molecule has 0 aromatic heterocycles. The van der Waals surface area contributed by atoms with Crippen LogP contribution in [0.5, 0.6) is 0 Å². The van der Waals surface area contributed by atoms with Crippen LogP contribution in [-0.2, 0) is 23.7 Å². The van der Waals surface area contributed by atoms with Crippen molar-refractivity contribution in [1.82, 2.24) is 0 Å². The van der Waals surface area contributed by atoms with Gasteiger partial charge in [0.05, 0.1) is 13.2 Å². The minimum atomic E-state index is -6.53. The minimum absolute atomic E-state index is 0.144. The molecule has 0 atom stereocenters. The first-order chi connectivity index (χ1) is 12.5. The van der Waals surface area contributed by atoms with Crippen molar-refractivity contribution < 1.29 is 72.7 Å². The summed E-state index contributed by atoms with van der Waals surface area (Å²) in [5.41, 5.74) is 0. The predicted octanol–water partition coefficient (Wildman–Crippen LogP) is 3.39. The van der Waals surface area contributed by atoms with Crippen LogP contribution in [0.2, 0.25) is 0 Å². The van der Waals surface area contributed by atoms with Gasteiger partial charge in [0, 0.05) is 6.61 Å². The normalized spacial score (nSPS) is 14.6. The van der Waals surface area contributed by atoms with E-state index in [0.29, 0.717) is 0 Å². The van der Waals surface area contributed by atoms with Crippen molar-refractivity contribution in [3.8, 4) is 0 Å². The van der Waals surface area contributed by atoms with E-state index in [1.54, 1.807) is 0 Å². The Balaban J connectivity index is 5.04. The minimum Gasteiger partial charge on any atom is -0.394 e. The first kappa shape index (κ1) is 27.1. The van der Waals surface area contributed by atoms with Gasteiger partial charge in [0.1, 0.15) is 13.2 Å². The first-order valence-electron chi connectivity index (χ1n) is 7.25. The van der Waals surface area contributed by atoms with Crippen molar-refractivity contribution in [2.75, 3.05) is 33.0 Å². The Morgan fingerprint density at radius 2 is 1.07 bits per heavy atom. The molecule has 16 heteroatoms. The molecule has 170 valence electrons. The summed E-state index contributed by atoms with van der Waals surface area (Å²) in [7, 11) is 0. The second kappa shape index (κ2) is 10.2. The van der Waals surface area contributed by atoms with Crippen LogP contribution in [0.25, 0.3) is 0 Å². The van der Waals surface area contributed by atoms with E-state index in [-0.39, 0.29) is 6.42 Å². The maximum atomic E-state index is 13.2. The third-order valence-electron chi connectivity index (χ3n) is 2.26. The highest BCUT2D eigenvalue weighted by atomic mass is 19.3. The molecule has 6 nitrogen and oxygen atoms in total. The fourth-order valence-corrected chi connectivity index (χ4v) is 1.30. The molecule has 0 aliphatic carbocycles. The number of halogens is 10. The third-order valence-corrected chi connectivity index (χ3v) is 2.26. The number of aliphatic hydroxyl groups excluding tert-OH is 1. The predicted molar refractivity (Wildman–Crippen MR) is 67.0 cm³/mol. The molecule has 1 N–H and O–H groups in total. The molecule has 28 heavy (non-hydrogen) atoms. The van der Waals surface area contributed by atoms with Gasteiger partial charge in [-0.2, -0.15) is 35.1 Å². The van der Waals surface area contributed by atoms with Crippen LogP contribution < -0.4 is 0 Å². The summed E-state index contributed by atoms with van der Waals surface area (Å²) in [4.78, 5) is 0. The Kier molecular flexibility index (Phi) is 9.86. The molecular formula is C12H16F10O6. The van der Waals surface area contributed by atoms with Crippen molar-refractivity contribution in [3.63, 3.8) is 0 Å². The molecule has 0 heterocycles. The second-order valence-corrected chi connectivity index (χ2v) is 4.91. The highest BCUT2D eigenvalue weighted by Gasteiger charge is 2.68. The summed E-state index contributed by atoms with van der Waals surface area (Å²) in [6.45, 7) is -4.50. The van der Waals surface area contributed by atoms with Crippen LogP contribution >= 0.6 is 0 Å². The average molecular weight is 446 g/mol. The van der Waals surface area contributed by atoms with E-state index >= 15 is 0 Å². The van der Waals surface area contributed by atoms with E-state index in [2.05, 4.69) is 23.7 Å². The average Bonchev–Trinajstić information content (AvgIpc) is 2.43. The molecule has 0 fully saturated rings. The van der Waals surface area contributed by atoms with Crippen LogP contribution in [-0.4, -0.2) is 68.9 Å². The Morgan fingerprint density at radius 3 is 1.54 bits per heavy atom. The first-order valence-corrected chi connectivity index (χ1v) is 7.25. The van der Waals surface area contributed by atoms with E-state index in [0.717, 1.165) is 0 Å². The Bertz CT molecular complexity index is 462. The highest BCUT2D eigenvalue weighted by molar-refractivity contribution is 4.71. The number of alkyl halides is 10. The fraction of sp³-hybridized carbons (Fsp3) is 1.00. The zero-order valence-electron chi connectivity index (χ0n) is 14.0. The van der Waals surface area contributed by atoms with Crippen LogP contribution in [0.4, 0.5) is 43.9 Å². The van der Waals surface area contributed by atoms with Gasteiger partial charge in [-0.25, -0.2) is 14.2 Å². The summed E-state index contributed by atoms with van der Waals surface area (Å²) in [6.07, 6.45) is -29.0. The Morgan fingerprint density at radius 1 is 0.643 bits per heavy atom. The van der Waals surface area contributed by atoms with Gasteiger partial charge >= 0.3 is 30.7 Å². The smallest absolute Gasteiger partial charge is 0.394 e. The topological polar surface area (TPSA) is 66.4 Å². The molecule has 0 unspecified atom stereocenters. The largest absolute Gasteiger partial charge is 0.495 e. The molecule has 0 aliphatic rings. The summed E-state index contributed by atoms with van der Waals surface area (Å²) in [5, 5.41) is 8.25. The van der Waals surface area contributed by atoms with Crippen molar-refractivity contribution in [3.05, 3.63) is 0 Å².